The molecular formula is C14H15BrN2. The molecule has 3 heteroatoms. The first-order valence-electron chi connectivity index (χ1n) is 5.54. The molecule has 1 heterocycles. The number of benzene rings is 1. The van der Waals surface area contributed by atoms with E-state index in [0.29, 0.717) is 0 Å². The highest BCUT2D eigenvalue weighted by molar-refractivity contribution is 9.10. The lowest BCUT2D eigenvalue weighted by Gasteiger charge is -2.18. The maximum absolute atomic E-state index is 4.43. The molecule has 0 unspecified atom stereocenters. The summed E-state index contributed by atoms with van der Waals surface area (Å²) in [6.45, 7) is 2.98. The van der Waals surface area contributed by atoms with Crippen LogP contribution in [0.1, 0.15) is 11.1 Å². The Bertz CT molecular complexity index is 511. The van der Waals surface area contributed by atoms with Crippen molar-refractivity contribution in [2.24, 2.45) is 0 Å². The standard InChI is InChI=1S/C14H15BrN2/c1-11-5-3-6-12(9-11)10-17(2)14-8-4-7-13(15)16-14/h3-9H,10H2,1-2H3. The minimum absolute atomic E-state index is 0.866. The Balaban J connectivity index is 2.14. The number of aryl methyl sites for hydroxylation is 1. The molecule has 1 aromatic heterocycles. The molecule has 0 fully saturated rings. The van der Waals surface area contributed by atoms with Gasteiger partial charge in [0.25, 0.3) is 0 Å². The van der Waals surface area contributed by atoms with Crippen LogP contribution in [0.3, 0.4) is 0 Å². The molecule has 0 radical (unpaired) electrons. The van der Waals surface area contributed by atoms with E-state index in [9.17, 15) is 0 Å². The third-order valence-corrected chi connectivity index (χ3v) is 3.04. The Hall–Kier alpha value is -1.35. The molecule has 17 heavy (non-hydrogen) atoms. The molecule has 0 saturated carbocycles. The van der Waals surface area contributed by atoms with Gasteiger partial charge >= 0.3 is 0 Å². The van der Waals surface area contributed by atoms with Crippen LogP contribution in [0.4, 0.5) is 5.82 Å². The zero-order valence-electron chi connectivity index (χ0n) is 10.0. The number of anilines is 1. The maximum Gasteiger partial charge on any atom is 0.129 e. The average Bonchev–Trinajstić information content (AvgIpc) is 2.29. The Morgan fingerprint density at radius 3 is 2.65 bits per heavy atom. The summed E-state index contributed by atoms with van der Waals surface area (Å²) in [4.78, 5) is 6.57. The molecule has 2 nitrogen and oxygen atoms in total. The molecule has 0 N–H and O–H groups in total. The summed E-state index contributed by atoms with van der Waals surface area (Å²) < 4.78 is 0.867. The first-order valence-corrected chi connectivity index (χ1v) is 6.34. The number of hydrogen-bond donors (Lipinski definition) is 0. The van der Waals surface area contributed by atoms with Gasteiger partial charge in [-0.25, -0.2) is 4.98 Å². The largest absolute Gasteiger partial charge is 0.355 e. The quantitative estimate of drug-likeness (QED) is 0.800. The van der Waals surface area contributed by atoms with Gasteiger partial charge in [-0.05, 0) is 40.5 Å². The SMILES string of the molecule is Cc1cccc(CN(C)c2cccc(Br)n2)c1. The lowest BCUT2D eigenvalue weighted by atomic mass is 10.1. The van der Waals surface area contributed by atoms with E-state index < -0.39 is 0 Å². The molecule has 0 atom stereocenters. The van der Waals surface area contributed by atoms with Crippen LogP contribution in [0.2, 0.25) is 0 Å². The molecule has 2 rings (SSSR count). The summed E-state index contributed by atoms with van der Waals surface area (Å²) in [6, 6.07) is 14.5. The summed E-state index contributed by atoms with van der Waals surface area (Å²) in [6.07, 6.45) is 0. The van der Waals surface area contributed by atoms with Crippen molar-refractivity contribution < 1.29 is 0 Å². The van der Waals surface area contributed by atoms with Gasteiger partial charge in [0, 0.05) is 13.6 Å². The predicted octanol–water partition coefficient (Wildman–Crippen LogP) is 3.79. The zero-order chi connectivity index (χ0) is 12.3. The average molecular weight is 291 g/mol. The molecule has 0 aliphatic rings. The van der Waals surface area contributed by atoms with E-state index in [-0.39, 0.29) is 0 Å². The molecular weight excluding hydrogens is 276 g/mol. The van der Waals surface area contributed by atoms with Gasteiger partial charge in [0.1, 0.15) is 10.4 Å². The Kier molecular flexibility index (Phi) is 3.79. The number of pyridine rings is 1. The van der Waals surface area contributed by atoms with E-state index in [0.717, 1.165) is 17.0 Å². The first kappa shape index (κ1) is 12.1. The molecule has 0 amide bonds. The van der Waals surface area contributed by atoms with Crippen LogP contribution in [0.15, 0.2) is 47.1 Å². The first-order chi connectivity index (χ1) is 8.15. The molecule has 0 aliphatic carbocycles. The van der Waals surface area contributed by atoms with Gasteiger partial charge in [0.05, 0.1) is 0 Å². The van der Waals surface area contributed by atoms with Gasteiger partial charge in [-0.3, -0.25) is 0 Å². The molecule has 1 aromatic carbocycles. The number of halogens is 1. The van der Waals surface area contributed by atoms with Gasteiger partial charge in [-0.1, -0.05) is 35.9 Å². The zero-order valence-corrected chi connectivity index (χ0v) is 11.6. The Morgan fingerprint density at radius 2 is 1.94 bits per heavy atom. The van der Waals surface area contributed by atoms with Crippen LogP contribution in [0, 0.1) is 6.92 Å². The van der Waals surface area contributed by atoms with Gasteiger partial charge in [0.15, 0.2) is 0 Å². The summed E-state index contributed by atoms with van der Waals surface area (Å²) in [5.41, 5.74) is 2.59. The fraction of sp³-hybridized carbons (Fsp3) is 0.214. The summed E-state index contributed by atoms with van der Waals surface area (Å²) in [7, 11) is 2.05. The van der Waals surface area contributed by atoms with Crippen molar-refractivity contribution >= 4 is 21.7 Å². The van der Waals surface area contributed by atoms with Crippen molar-refractivity contribution in [2.75, 3.05) is 11.9 Å². The van der Waals surface area contributed by atoms with Gasteiger partial charge in [-0.15, -0.1) is 0 Å². The predicted molar refractivity (Wildman–Crippen MR) is 75.2 cm³/mol. The monoisotopic (exact) mass is 290 g/mol. The molecule has 0 aliphatic heterocycles. The third-order valence-electron chi connectivity index (χ3n) is 2.59. The Morgan fingerprint density at radius 1 is 1.18 bits per heavy atom. The van der Waals surface area contributed by atoms with Crippen LogP contribution in [0.5, 0.6) is 0 Å². The maximum atomic E-state index is 4.43. The minimum atomic E-state index is 0.866. The van der Waals surface area contributed by atoms with Crippen molar-refractivity contribution in [1.29, 1.82) is 0 Å². The normalized spacial score (nSPS) is 10.3. The minimum Gasteiger partial charge on any atom is -0.355 e. The molecule has 2 aromatic rings. The van der Waals surface area contributed by atoms with Crippen molar-refractivity contribution in [3.05, 3.63) is 58.2 Å². The van der Waals surface area contributed by atoms with Crippen molar-refractivity contribution in [3.8, 4) is 0 Å². The second-order valence-corrected chi connectivity index (χ2v) is 4.98. The van der Waals surface area contributed by atoms with E-state index in [2.05, 4.69) is 64.1 Å². The topological polar surface area (TPSA) is 16.1 Å². The molecule has 0 spiro atoms. The van der Waals surface area contributed by atoms with Crippen molar-refractivity contribution in [1.82, 2.24) is 4.98 Å². The fourth-order valence-electron chi connectivity index (χ4n) is 1.78. The van der Waals surface area contributed by atoms with Gasteiger partial charge in [-0.2, -0.15) is 0 Å². The van der Waals surface area contributed by atoms with E-state index in [1.165, 1.54) is 11.1 Å². The number of hydrogen-bond acceptors (Lipinski definition) is 2. The van der Waals surface area contributed by atoms with E-state index in [1.807, 2.05) is 18.2 Å². The second kappa shape index (κ2) is 5.32. The number of aromatic nitrogens is 1. The summed E-state index contributed by atoms with van der Waals surface area (Å²) >= 11 is 3.39. The van der Waals surface area contributed by atoms with E-state index >= 15 is 0 Å². The fourth-order valence-corrected chi connectivity index (χ4v) is 2.11. The number of nitrogens with zero attached hydrogens (tertiary/aromatic N) is 2. The van der Waals surface area contributed by atoms with Crippen LogP contribution in [-0.2, 0) is 6.54 Å². The lowest BCUT2D eigenvalue weighted by molar-refractivity contribution is 0.894. The van der Waals surface area contributed by atoms with E-state index in [1.54, 1.807) is 0 Å². The smallest absolute Gasteiger partial charge is 0.129 e. The van der Waals surface area contributed by atoms with Crippen LogP contribution in [0.25, 0.3) is 0 Å². The summed E-state index contributed by atoms with van der Waals surface area (Å²) in [5.74, 6) is 0.973. The van der Waals surface area contributed by atoms with Crippen LogP contribution < -0.4 is 4.90 Å². The molecule has 0 bridgehead atoms. The lowest BCUT2D eigenvalue weighted by Crippen LogP contribution is -2.17. The van der Waals surface area contributed by atoms with E-state index in [4.69, 9.17) is 0 Å². The highest BCUT2D eigenvalue weighted by atomic mass is 79.9. The van der Waals surface area contributed by atoms with Gasteiger partial charge < -0.3 is 4.90 Å². The Labute approximate surface area is 110 Å². The highest BCUT2D eigenvalue weighted by Gasteiger charge is 2.03. The summed E-state index contributed by atoms with van der Waals surface area (Å²) in [5, 5.41) is 0. The van der Waals surface area contributed by atoms with Crippen LogP contribution in [-0.4, -0.2) is 12.0 Å². The van der Waals surface area contributed by atoms with Crippen molar-refractivity contribution in [2.45, 2.75) is 13.5 Å². The highest BCUT2D eigenvalue weighted by Crippen LogP contribution is 2.16. The molecule has 88 valence electrons. The third kappa shape index (κ3) is 3.30. The number of rotatable bonds is 3. The van der Waals surface area contributed by atoms with Gasteiger partial charge in [0.2, 0.25) is 0 Å². The second-order valence-electron chi connectivity index (χ2n) is 4.16. The van der Waals surface area contributed by atoms with Crippen molar-refractivity contribution in [3.63, 3.8) is 0 Å². The molecule has 0 saturated heterocycles. The van der Waals surface area contributed by atoms with Crippen LogP contribution >= 0.6 is 15.9 Å².